The quantitative estimate of drug-likeness (QED) is 0.844. The van der Waals surface area contributed by atoms with Gasteiger partial charge < -0.3 is 10.1 Å². The van der Waals surface area contributed by atoms with Gasteiger partial charge in [0.2, 0.25) is 0 Å². The zero-order valence-electron chi connectivity index (χ0n) is 11.9. The monoisotopic (exact) mass is 282 g/mol. The first kappa shape index (κ1) is 14.5. The summed E-state index contributed by atoms with van der Waals surface area (Å²) in [5.41, 5.74) is 0.905. The van der Waals surface area contributed by atoms with Gasteiger partial charge in [-0.2, -0.15) is 0 Å². The van der Waals surface area contributed by atoms with Gasteiger partial charge in [0.25, 0.3) is 0 Å². The van der Waals surface area contributed by atoms with Crippen LogP contribution in [0.5, 0.6) is 0 Å². The normalized spacial score (nSPS) is 19.1. The Balaban J connectivity index is 2.24. The number of hydrogen-bond donors (Lipinski definition) is 1. The lowest BCUT2D eigenvalue weighted by Gasteiger charge is -2.05. The molecule has 1 aromatic heterocycles. The van der Waals surface area contributed by atoms with E-state index in [-0.39, 0.29) is 5.97 Å². The molecule has 1 aliphatic rings. The molecule has 0 radical (unpaired) electrons. The van der Waals surface area contributed by atoms with E-state index in [2.05, 4.69) is 19.2 Å². The van der Waals surface area contributed by atoms with Crippen molar-refractivity contribution in [2.24, 2.45) is 5.92 Å². The third kappa shape index (κ3) is 3.54. The van der Waals surface area contributed by atoms with Gasteiger partial charge in [-0.3, -0.25) is 0 Å². The number of thiazole rings is 1. The van der Waals surface area contributed by atoms with E-state index in [1.807, 2.05) is 6.92 Å². The summed E-state index contributed by atoms with van der Waals surface area (Å²) < 4.78 is 5.14. The summed E-state index contributed by atoms with van der Waals surface area (Å²) in [6.45, 7) is 7.57. The fraction of sp³-hybridized carbons (Fsp3) is 0.714. The Kier molecular flexibility index (Phi) is 4.93. The minimum atomic E-state index is -0.222. The summed E-state index contributed by atoms with van der Waals surface area (Å²) in [6.07, 6.45) is 3.12. The van der Waals surface area contributed by atoms with Crippen LogP contribution in [0.15, 0.2) is 0 Å². The van der Waals surface area contributed by atoms with E-state index < -0.39 is 0 Å². The Morgan fingerprint density at radius 1 is 1.58 bits per heavy atom. The van der Waals surface area contributed by atoms with Crippen LogP contribution in [0, 0.1) is 5.92 Å². The molecule has 19 heavy (non-hydrogen) atoms. The fourth-order valence-electron chi connectivity index (χ4n) is 2.30. The zero-order valence-corrected chi connectivity index (χ0v) is 12.7. The lowest BCUT2D eigenvalue weighted by Crippen LogP contribution is -2.12. The minimum absolute atomic E-state index is 0.222. The second kappa shape index (κ2) is 6.48. The Hall–Kier alpha value is -0.940. The lowest BCUT2D eigenvalue weighted by atomic mass is 10.1. The molecule has 2 rings (SSSR count). The number of hydrogen-bond acceptors (Lipinski definition) is 5. The van der Waals surface area contributed by atoms with Crippen LogP contribution < -0.4 is 5.32 Å². The van der Waals surface area contributed by atoms with Gasteiger partial charge in [-0.25, -0.2) is 9.78 Å². The molecule has 2 heterocycles. The zero-order chi connectivity index (χ0) is 13.8. The Morgan fingerprint density at radius 2 is 2.37 bits per heavy atom. The number of nitrogens with one attached hydrogen (secondary N) is 1. The van der Waals surface area contributed by atoms with Gasteiger partial charge in [0.15, 0.2) is 0 Å². The summed E-state index contributed by atoms with van der Waals surface area (Å²) >= 11 is 1.50. The SMILES string of the molecule is CCOC(=O)c1sc(C2CCCN2)nc1CC(C)C. The predicted molar refractivity (Wildman–Crippen MR) is 76.6 cm³/mol. The van der Waals surface area contributed by atoms with Crippen LogP contribution in [0.1, 0.15) is 60.0 Å². The Labute approximate surface area is 118 Å². The van der Waals surface area contributed by atoms with E-state index in [1.165, 1.54) is 17.8 Å². The number of rotatable bonds is 5. The summed E-state index contributed by atoms with van der Waals surface area (Å²) in [4.78, 5) is 17.4. The van der Waals surface area contributed by atoms with Crippen LogP contribution >= 0.6 is 11.3 Å². The van der Waals surface area contributed by atoms with Crippen molar-refractivity contribution in [2.45, 2.75) is 46.1 Å². The maximum atomic E-state index is 12.0. The van der Waals surface area contributed by atoms with E-state index in [0.717, 1.165) is 30.1 Å². The Morgan fingerprint density at radius 3 is 2.95 bits per heavy atom. The highest BCUT2D eigenvalue weighted by Crippen LogP contribution is 2.30. The second-order valence-electron chi connectivity index (χ2n) is 5.30. The largest absolute Gasteiger partial charge is 0.462 e. The Bertz CT molecular complexity index is 437. The first-order valence-corrected chi connectivity index (χ1v) is 7.83. The molecule has 1 atom stereocenters. The molecule has 1 fully saturated rings. The topological polar surface area (TPSA) is 51.2 Å². The number of esters is 1. The van der Waals surface area contributed by atoms with Gasteiger partial charge in [-0.05, 0) is 38.6 Å². The third-order valence-electron chi connectivity index (χ3n) is 3.13. The van der Waals surface area contributed by atoms with Gasteiger partial charge in [0, 0.05) is 0 Å². The van der Waals surface area contributed by atoms with Crippen LogP contribution in [0.2, 0.25) is 0 Å². The molecular formula is C14H22N2O2S. The molecule has 0 aromatic carbocycles. The molecule has 1 aliphatic heterocycles. The van der Waals surface area contributed by atoms with Crippen LogP contribution in [0.3, 0.4) is 0 Å². The van der Waals surface area contributed by atoms with E-state index in [9.17, 15) is 4.79 Å². The highest BCUT2D eigenvalue weighted by atomic mass is 32.1. The highest BCUT2D eigenvalue weighted by molar-refractivity contribution is 7.13. The molecule has 0 spiro atoms. The van der Waals surface area contributed by atoms with E-state index in [4.69, 9.17) is 9.72 Å². The minimum Gasteiger partial charge on any atom is -0.462 e. The van der Waals surface area contributed by atoms with Gasteiger partial charge in [-0.1, -0.05) is 13.8 Å². The highest BCUT2D eigenvalue weighted by Gasteiger charge is 2.25. The van der Waals surface area contributed by atoms with Gasteiger partial charge in [-0.15, -0.1) is 11.3 Å². The molecule has 1 aromatic rings. The van der Waals surface area contributed by atoms with Gasteiger partial charge >= 0.3 is 5.97 Å². The molecule has 0 saturated carbocycles. The van der Waals surface area contributed by atoms with Crippen molar-refractivity contribution >= 4 is 17.3 Å². The summed E-state index contributed by atoms with van der Waals surface area (Å²) in [7, 11) is 0. The molecular weight excluding hydrogens is 260 g/mol. The van der Waals surface area contributed by atoms with Crippen LogP contribution in [0.4, 0.5) is 0 Å². The smallest absolute Gasteiger partial charge is 0.350 e. The average Bonchev–Trinajstić information content (AvgIpc) is 2.96. The summed E-state index contributed by atoms with van der Waals surface area (Å²) in [6, 6.07) is 0.319. The number of carbonyl (C=O) groups is 1. The van der Waals surface area contributed by atoms with E-state index >= 15 is 0 Å². The summed E-state index contributed by atoms with van der Waals surface area (Å²) in [5.74, 6) is 0.263. The number of aromatic nitrogens is 1. The van der Waals surface area contributed by atoms with Crippen LogP contribution in [-0.2, 0) is 11.2 Å². The molecule has 5 heteroatoms. The number of nitrogens with zero attached hydrogens (tertiary/aromatic N) is 1. The van der Waals surface area contributed by atoms with E-state index in [0.29, 0.717) is 23.4 Å². The second-order valence-corrected chi connectivity index (χ2v) is 6.33. The standard InChI is InChI=1S/C14H22N2O2S/c1-4-18-14(17)12-11(8-9(2)3)16-13(19-12)10-6-5-7-15-10/h9-10,15H,4-8H2,1-3H3. The molecule has 1 saturated heterocycles. The van der Waals surface area contributed by atoms with E-state index in [1.54, 1.807) is 0 Å². The van der Waals surface area contributed by atoms with Crippen molar-refractivity contribution in [3.05, 3.63) is 15.6 Å². The molecule has 4 nitrogen and oxygen atoms in total. The molecule has 0 bridgehead atoms. The molecule has 0 amide bonds. The molecule has 1 N–H and O–H groups in total. The van der Waals surface area contributed by atoms with Crippen molar-refractivity contribution in [1.82, 2.24) is 10.3 Å². The van der Waals surface area contributed by atoms with Crippen molar-refractivity contribution in [3.8, 4) is 0 Å². The number of carbonyl (C=O) groups excluding carboxylic acids is 1. The predicted octanol–water partition coefficient (Wildman–Crippen LogP) is 2.94. The first-order valence-electron chi connectivity index (χ1n) is 7.02. The fourth-order valence-corrected chi connectivity index (χ4v) is 3.39. The lowest BCUT2D eigenvalue weighted by molar-refractivity contribution is 0.0530. The molecule has 0 aliphatic carbocycles. The maximum absolute atomic E-state index is 12.0. The third-order valence-corrected chi connectivity index (χ3v) is 4.33. The van der Waals surface area contributed by atoms with Crippen LogP contribution in [0.25, 0.3) is 0 Å². The number of ether oxygens (including phenoxy) is 1. The molecule has 1 unspecified atom stereocenters. The van der Waals surface area contributed by atoms with Gasteiger partial charge in [0.1, 0.15) is 9.88 Å². The van der Waals surface area contributed by atoms with Crippen molar-refractivity contribution in [3.63, 3.8) is 0 Å². The van der Waals surface area contributed by atoms with Gasteiger partial charge in [0.05, 0.1) is 18.3 Å². The van der Waals surface area contributed by atoms with Crippen molar-refractivity contribution < 1.29 is 9.53 Å². The average molecular weight is 282 g/mol. The van der Waals surface area contributed by atoms with Crippen molar-refractivity contribution in [2.75, 3.05) is 13.2 Å². The van der Waals surface area contributed by atoms with Crippen LogP contribution in [-0.4, -0.2) is 24.1 Å². The van der Waals surface area contributed by atoms with Crippen molar-refractivity contribution in [1.29, 1.82) is 0 Å². The summed E-state index contributed by atoms with van der Waals surface area (Å²) in [5, 5.41) is 4.47. The molecule has 106 valence electrons. The first-order chi connectivity index (χ1) is 9.11. The maximum Gasteiger partial charge on any atom is 0.350 e.